The van der Waals surface area contributed by atoms with Crippen LogP contribution in [0.15, 0.2) is 54.9 Å². The molecule has 3 heterocycles. The summed E-state index contributed by atoms with van der Waals surface area (Å²) in [4.78, 5) is 11.0. The molecule has 1 aliphatic rings. The van der Waals surface area contributed by atoms with Crippen LogP contribution < -0.4 is 10.2 Å². The summed E-state index contributed by atoms with van der Waals surface area (Å²) in [6, 6.07) is 15.8. The molecule has 0 saturated carbocycles. The van der Waals surface area contributed by atoms with Crippen molar-refractivity contribution in [2.24, 2.45) is 0 Å². The summed E-state index contributed by atoms with van der Waals surface area (Å²) in [5.41, 5.74) is 2.45. The molecule has 0 amide bonds. The standard InChI is InChI=1S/C20H19N5O/c21-12-15-6-7-18(17-4-3-9-23-20(15)17)25-10-11-26-16(14-25)13-24-19-5-1-2-8-22-19/h1-9,16H,10-11,13-14H2,(H,22,24)/t16-/m0/s1. The van der Waals surface area contributed by atoms with Gasteiger partial charge in [0, 0.05) is 43.1 Å². The number of ether oxygens (including phenoxy) is 1. The van der Waals surface area contributed by atoms with Crippen molar-refractivity contribution in [1.82, 2.24) is 9.97 Å². The highest BCUT2D eigenvalue weighted by Gasteiger charge is 2.22. The third-order valence-electron chi connectivity index (χ3n) is 4.52. The summed E-state index contributed by atoms with van der Waals surface area (Å²) in [7, 11) is 0. The molecule has 2 aromatic heterocycles. The number of rotatable bonds is 4. The molecule has 0 aliphatic carbocycles. The monoisotopic (exact) mass is 345 g/mol. The van der Waals surface area contributed by atoms with E-state index in [9.17, 15) is 5.26 Å². The molecule has 4 rings (SSSR count). The van der Waals surface area contributed by atoms with E-state index in [1.54, 1.807) is 12.4 Å². The van der Waals surface area contributed by atoms with Crippen molar-refractivity contribution < 1.29 is 4.74 Å². The molecule has 0 radical (unpaired) electrons. The van der Waals surface area contributed by atoms with Crippen molar-refractivity contribution in [2.45, 2.75) is 6.10 Å². The lowest BCUT2D eigenvalue weighted by atomic mass is 10.1. The van der Waals surface area contributed by atoms with Crippen LogP contribution >= 0.6 is 0 Å². The van der Waals surface area contributed by atoms with E-state index in [-0.39, 0.29) is 6.10 Å². The summed E-state index contributed by atoms with van der Waals surface area (Å²) in [5, 5.41) is 13.6. The second kappa shape index (κ2) is 7.38. The Bertz CT molecular complexity index is 938. The van der Waals surface area contributed by atoms with Gasteiger partial charge in [-0.25, -0.2) is 4.98 Å². The minimum absolute atomic E-state index is 0.0631. The normalized spacial score (nSPS) is 17.0. The highest BCUT2D eigenvalue weighted by molar-refractivity contribution is 5.95. The zero-order valence-electron chi connectivity index (χ0n) is 14.3. The number of nitrogens with one attached hydrogen (secondary N) is 1. The molecule has 0 bridgehead atoms. The first-order chi connectivity index (χ1) is 12.8. The lowest BCUT2D eigenvalue weighted by molar-refractivity contribution is 0.0493. The maximum absolute atomic E-state index is 9.32. The molecule has 1 N–H and O–H groups in total. The molecule has 26 heavy (non-hydrogen) atoms. The van der Waals surface area contributed by atoms with Crippen molar-refractivity contribution in [3.63, 3.8) is 0 Å². The van der Waals surface area contributed by atoms with Gasteiger partial charge in [0.15, 0.2) is 0 Å². The second-order valence-corrected chi connectivity index (χ2v) is 6.18. The van der Waals surface area contributed by atoms with E-state index in [4.69, 9.17) is 4.74 Å². The number of morpholine rings is 1. The minimum atomic E-state index is 0.0631. The van der Waals surface area contributed by atoms with Crippen molar-refractivity contribution in [3.8, 4) is 6.07 Å². The van der Waals surface area contributed by atoms with E-state index in [0.29, 0.717) is 18.7 Å². The van der Waals surface area contributed by atoms with Gasteiger partial charge in [0.2, 0.25) is 0 Å². The number of anilines is 2. The Labute approximate surface area is 152 Å². The maximum Gasteiger partial charge on any atom is 0.125 e. The molecule has 0 unspecified atom stereocenters. The quantitative estimate of drug-likeness (QED) is 0.784. The van der Waals surface area contributed by atoms with Gasteiger partial charge in [0.1, 0.15) is 11.9 Å². The molecule has 0 spiro atoms. The summed E-state index contributed by atoms with van der Waals surface area (Å²) in [5.74, 6) is 0.848. The van der Waals surface area contributed by atoms with Crippen molar-refractivity contribution in [1.29, 1.82) is 5.26 Å². The van der Waals surface area contributed by atoms with Gasteiger partial charge in [-0.3, -0.25) is 4.98 Å². The fourth-order valence-corrected chi connectivity index (χ4v) is 3.27. The Morgan fingerprint density at radius 2 is 2.08 bits per heavy atom. The SMILES string of the molecule is N#Cc1ccc(N2CCO[C@@H](CNc3ccccn3)C2)c2cccnc12. The summed E-state index contributed by atoms with van der Waals surface area (Å²) >= 11 is 0. The van der Waals surface area contributed by atoms with Gasteiger partial charge in [0.05, 0.1) is 23.8 Å². The Morgan fingerprint density at radius 1 is 1.15 bits per heavy atom. The van der Waals surface area contributed by atoms with E-state index in [2.05, 4.69) is 26.3 Å². The number of hydrogen-bond acceptors (Lipinski definition) is 6. The van der Waals surface area contributed by atoms with Crippen LogP contribution in [0.25, 0.3) is 10.9 Å². The van der Waals surface area contributed by atoms with E-state index >= 15 is 0 Å². The van der Waals surface area contributed by atoms with Gasteiger partial charge in [-0.2, -0.15) is 5.26 Å². The van der Waals surface area contributed by atoms with Crippen LogP contribution in [-0.2, 0) is 4.74 Å². The molecule has 130 valence electrons. The average Bonchev–Trinajstić information content (AvgIpc) is 2.72. The molecule has 1 aliphatic heterocycles. The zero-order chi connectivity index (χ0) is 17.8. The van der Waals surface area contributed by atoms with Crippen LogP contribution in [0.5, 0.6) is 0 Å². The number of pyridine rings is 2. The fourth-order valence-electron chi connectivity index (χ4n) is 3.27. The van der Waals surface area contributed by atoms with Crippen LogP contribution in [0.2, 0.25) is 0 Å². The van der Waals surface area contributed by atoms with Crippen LogP contribution in [-0.4, -0.2) is 42.3 Å². The molecule has 1 aromatic carbocycles. The van der Waals surface area contributed by atoms with Crippen LogP contribution in [0.3, 0.4) is 0 Å². The third-order valence-corrected chi connectivity index (χ3v) is 4.52. The summed E-state index contributed by atoms with van der Waals surface area (Å²) in [6.45, 7) is 2.95. The molecular weight excluding hydrogens is 326 g/mol. The van der Waals surface area contributed by atoms with E-state index in [0.717, 1.165) is 35.5 Å². The van der Waals surface area contributed by atoms with Crippen molar-refractivity contribution >= 4 is 22.4 Å². The van der Waals surface area contributed by atoms with Crippen LogP contribution in [0, 0.1) is 11.3 Å². The molecule has 6 nitrogen and oxygen atoms in total. The van der Waals surface area contributed by atoms with Crippen LogP contribution in [0.4, 0.5) is 11.5 Å². The lowest BCUT2D eigenvalue weighted by Crippen LogP contribution is -2.45. The average molecular weight is 345 g/mol. The second-order valence-electron chi connectivity index (χ2n) is 6.18. The number of fused-ring (bicyclic) bond motifs is 1. The predicted molar refractivity (Wildman–Crippen MR) is 101 cm³/mol. The Morgan fingerprint density at radius 3 is 2.92 bits per heavy atom. The van der Waals surface area contributed by atoms with Gasteiger partial charge in [0.25, 0.3) is 0 Å². The predicted octanol–water partition coefficient (Wildman–Crippen LogP) is 2.82. The van der Waals surface area contributed by atoms with E-state index in [1.807, 2.05) is 42.5 Å². The van der Waals surface area contributed by atoms with Gasteiger partial charge >= 0.3 is 0 Å². The Kier molecular flexibility index (Phi) is 4.63. The summed E-state index contributed by atoms with van der Waals surface area (Å²) in [6.07, 6.45) is 3.56. The van der Waals surface area contributed by atoms with Crippen LogP contribution in [0.1, 0.15) is 5.56 Å². The van der Waals surface area contributed by atoms with E-state index in [1.165, 1.54) is 0 Å². The van der Waals surface area contributed by atoms with E-state index < -0.39 is 0 Å². The zero-order valence-corrected chi connectivity index (χ0v) is 14.3. The molecule has 3 aromatic rings. The minimum Gasteiger partial charge on any atom is -0.373 e. The number of hydrogen-bond donors (Lipinski definition) is 1. The molecule has 1 atom stereocenters. The fraction of sp³-hybridized carbons (Fsp3) is 0.250. The van der Waals surface area contributed by atoms with Gasteiger partial charge in [-0.05, 0) is 36.4 Å². The van der Waals surface area contributed by atoms with Gasteiger partial charge < -0.3 is 15.0 Å². The highest BCUT2D eigenvalue weighted by atomic mass is 16.5. The summed E-state index contributed by atoms with van der Waals surface area (Å²) < 4.78 is 5.91. The number of aromatic nitrogens is 2. The first kappa shape index (κ1) is 16.3. The van der Waals surface area contributed by atoms with Gasteiger partial charge in [-0.15, -0.1) is 0 Å². The number of benzene rings is 1. The molecule has 1 saturated heterocycles. The maximum atomic E-state index is 9.32. The van der Waals surface area contributed by atoms with Gasteiger partial charge in [-0.1, -0.05) is 6.07 Å². The highest BCUT2D eigenvalue weighted by Crippen LogP contribution is 2.29. The largest absolute Gasteiger partial charge is 0.373 e. The Hall–Kier alpha value is -3.17. The molecule has 6 heteroatoms. The van der Waals surface area contributed by atoms with Crippen molar-refractivity contribution in [2.75, 3.05) is 36.5 Å². The first-order valence-corrected chi connectivity index (χ1v) is 8.64. The molecular formula is C20H19N5O. The number of nitriles is 1. The lowest BCUT2D eigenvalue weighted by Gasteiger charge is -2.35. The van der Waals surface area contributed by atoms with Crippen molar-refractivity contribution in [3.05, 3.63) is 60.4 Å². The topological polar surface area (TPSA) is 74.1 Å². The Balaban J connectivity index is 1.53. The number of nitrogens with zero attached hydrogens (tertiary/aromatic N) is 4. The first-order valence-electron chi connectivity index (χ1n) is 8.64. The third kappa shape index (κ3) is 3.30. The smallest absolute Gasteiger partial charge is 0.125 e. The molecule has 1 fully saturated rings.